The number of benzene rings is 2. The topological polar surface area (TPSA) is 12.4 Å². The van der Waals surface area contributed by atoms with E-state index in [0.717, 1.165) is 6.07 Å². The van der Waals surface area contributed by atoms with Gasteiger partial charge in [-0.2, -0.15) is 0 Å². The maximum absolute atomic E-state index is 14.2. The predicted molar refractivity (Wildman–Crippen MR) is 85.5 cm³/mol. The molecule has 2 nitrogen and oxygen atoms in total. The molecule has 0 bridgehead atoms. The number of halogens is 5. The number of hydrogen-bond acceptors (Lipinski definition) is 1. The minimum absolute atomic E-state index is 0.0975. The molecule has 1 aliphatic heterocycles. The Bertz CT molecular complexity index is 864. The minimum atomic E-state index is -1.83. The third-order valence-corrected chi connectivity index (χ3v) is 3.88. The average Bonchev–Trinajstić information content (AvgIpc) is 2.95. The molecule has 2 unspecified atom stereocenters. The summed E-state index contributed by atoms with van der Waals surface area (Å²) in [5.74, 6) is -3.35. The first-order valence-electron chi connectivity index (χ1n) is 6.92. The van der Waals surface area contributed by atoms with Crippen LogP contribution in [0.25, 0.3) is 11.1 Å². The summed E-state index contributed by atoms with van der Waals surface area (Å²) in [5, 5.41) is 4.14. The summed E-state index contributed by atoms with van der Waals surface area (Å²) in [6.45, 7) is 0. The normalized spacial score (nSPS) is 21.0. The Balaban J connectivity index is 2.18. The van der Waals surface area contributed by atoms with Crippen LogP contribution < -0.4 is 4.59 Å². The van der Waals surface area contributed by atoms with Crippen molar-refractivity contribution in [1.29, 1.82) is 0 Å². The summed E-state index contributed by atoms with van der Waals surface area (Å²) >= 11 is 5.38. The smallest absolute Gasteiger partial charge is 0.221 e. The van der Waals surface area contributed by atoms with Crippen molar-refractivity contribution in [1.82, 2.24) is 4.59 Å². The maximum atomic E-state index is 14.2. The van der Waals surface area contributed by atoms with Crippen LogP contribution in [0.4, 0.5) is 23.2 Å². The van der Waals surface area contributed by atoms with Gasteiger partial charge in [-0.3, -0.25) is 0 Å². The van der Waals surface area contributed by atoms with Crippen molar-refractivity contribution in [2.75, 3.05) is 7.05 Å². The molecule has 0 N–H and O–H groups in total. The molecule has 1 radical (unpaired) electrons. The Labute approximate surface area is 140 Å². The lowest BCUT2D eigenvalue weighted by atomic mass is 10.0. The third kappa shape index (κ3) is 2.83. The zero-order valence-corrected chi connectivity index (χ0v) is 13.2. The molecule has 0 amide bonds. The summed E-state index contributed by atoms with van der Waals surface area (Å²) in [4.78, 5) is 0. The van der Waals surface area contributed by atoms with Crippen LogP contribution in [0.3, 0.4) is 0 Å². The highest BCUT2D eigenvalue weighted by molar-refractivity contribution is 6.32. The zero-order chi connectivity index (χ0) is 17.5. The maximum Gasteiger partial charge on any atom is 0.221 e. The first kappa shape index (κ1) is 16.7. The van der Waals surface area contributed by atoms with Crippen LogP contribution in [0, 0.1) is 23.5 Å². The van der Waals surface area contributed by atoms with E-state index in [1.54, 1.807) is 31.3 Å². The van der Waals surface area contributed by atoms with Gasteiger partial charge in [0.1, 0.15) is 19.1 Å². The van der Waals surface area contributed by atoms with Gasteiger partial charge in [0.25, 0.3) is 0 Å². The SMILES string of the molecule is C[N+]1(c2ccccc2-c2cc(F)c(F)cc2F)C=[C]C(C(F)Cl)=N1. The number of quaternary nitrogens is 1. The number of nitrogens with zero attached hydrogens (tertiary/aromatic N) is 2. The van der Waals surface area contributed by atoms with E-state index < -0.39 is 23.1 Å². The van der Waals surface area contributed by atoms with Gasteiger partial charge in [0.05, 0.1) is 6.08 Å². The van der Waals surface area contributed by atoms with Gasteiger partial charge in [-0.25, -0.2) is 17.6 Å². The Kier molecular flexibility index (Phi) is 4.19. The van der Waals surface area contributed by atoms with Crippen LogP contribution in [0.2, 0.25) is 0 Å². The number of para-hydroxylation sites is 1. The summed E-state index contributed by atoms with van der Waals surface area (Å²) in [6, 6.07) is 7.74. The van der Waals surface area contributed by atoms with Crippen LogP contribution in [0.1, 0.15) is 0 Å². The van der Waals surface area contributed by atoms with Gasteiger partial charge in [-0.1, -0.05) is 28.8 Å². The highest BCUT2D eigenvalue weighted by Gasteiger charge is 2.34. The number of alkyl halides is 2. The standard InChI is InChI=1S/C17H11ClF4N2/c1-24(7-6-15(23-24)17(18)22)16-5-3-2-4-10(16)11-8-13(20)14(21)9-12(11)19/h2-5,7-9,17H,1H3/q+1. The van der Waals surface area contributed by atoms with E-state index in [0.29, 0.717) is 17.3 Å². The van der Waals surface area contributed by atoms with E-state index in [4.69, 9.17) is 11.6 Å². The van der Waals surface area contributed by atoms with Crippen LogP contribution in [0.15, 0.2) is 47.7 Å². The Hall–Kier alpha value is -2.18. The molecular weight excluding hydrogens is 344 g/mol. The Morgan fingerprint density at radius 3 is 2.38 bits per heavy atom. The van der Waals surface area contributed by atoms with Crippen LogP contribution in [-0.2, 0) is 0 Å². The van der Waals surface area contributed by atoms with Gasteiger partial charge >= 0.3 is 0 Å². The van der Waals surface area contributed by atoms with Gasteiger partial charge in [0.15, 0.2) is 23.0 Å². The average molecular weight is 355 g/mol. The second-order valence-corrected chi connectivity index (χ2v) is 5.73. The molecule has 0 spiro atoms. The lowest BCUT2D eigenvalue weighted by Gasteiger charge is -2.23. The molecule has 7 heteroatoms. The largest absolute Gasteiger partial charge is 0.223 e. The molecule has 3 rings (SSSR count). The number of allylic oxidation sites excluding steroid dienone is 1. The van der Waals surface area contributed by atoms with Gasteiger partial charge in [-0.05, 0) is 12.1 Å². The van der Waals surface area contributed by atoms with E-state index in [9.17, 15) is 17.6 Å². The van der Waals surface area contributed by atoms with Gasteiger partial charge in [0, 0.05) is 23.3 Å². The molecule has 1 heterocycles. The quantitative estimate of drug-likeness (QED) is 0.321. The second kappa shape index (κ2) is 6.03. The van der Waals surface area contributed by atoms with E-state index in [2.05, 4.69) is 11.2 Å². The highest BCUT2D eigenvalue weighted by atomic mass is 35.5. The fourth-order valence-corrected chi connectivity index (χ4v) is 2.64. The molecule has 24 heavy (non-hydrogen) atoms. The third-order valence-electron chi connectivity index (χ3n) is 3.68. The van der Waals surface area contributed by atoms with Crippen molar-refractivity contribution in [3.63, 3.8) is 0 Å². The van der Waals surface area contributed by atoms with Crippen molar-refractivity contribution in [3.05, 3.63) is 66.1 Å². The lowest BCUT2D eigenvalue weighted by Crippen LogP contribution is -2.31. The summed E-state index contributed by atoms with van der Waals surface area (Å²) in [5.41, 5.74) is -1.32. The van der Waals surface area contributed by atoms with E-state index in [1.807, 2.05) is 0 Å². The molecular formula is C17H11ClF4N2+. The Morgan fingerprint density at radius 1 is 1.04 bits per heavy atom. The van der Waals surface area contributed by atoms with Crippen molar-refractivity contribution >= 4 is 23.0 Å². The first-order valence-corrected chi connectivity index (χ1v) is 7.35. The number of rotatable bonds is 3. The molecule has 0 aliphatic carbocycles. The number of hydrogen-bond donors (Lipinski definition) is 0. The molecule has 123 valence electrons. The fourth-order valence-electron chi connectivity index (χ4n) is 2.53. The molecule has 1 aliphatic rings. The first-order chi connectivity index (χ1) is 11.3. The van der Waals surface area contributed by atoms with E-state index >= 15 is 0 Å². The molecule has 0 saturated carbocycles. The van der Waals surface area contributed by atoms with Crippen LogP contribution >= 0.6 is 11.6 Å². The van der Waals surface area contributed by atoms with Crippen LogP contribution in [0.5, 0.6) is 0 Å². The van der Waals surface area contributed by atoms with Gasteiger partial charge < -0.3 is 0 Å². The van der Waals surface area contributed by atoms with Crippen molar-refractivity contribution < 1.29 is 17.6 Å². The van der Waals surface area contributed by atoms with Crippen LogP contribution in [-0.4, -0.2) is 18.4 Å². The van der Waals surface area contributed by atoms with Crippen molar-refractivity contribution in [3.8, 4) is 11.1 Å². The molecule has 2 aromatic carbocycles. The lowest BCUT2D eigenvalue weighted by molar-refractivity contribution is 0.473. The van der Waals surface area contributed by atoms with Crippen molar-refractivity contribution in [2.24, 2.45) is 5.10 Å². The monoisotopic (exact) mass is 354 g/mol. The molecule has 0 saturated heterocycles. The second-order valence-electron chi connectivity index (χ2n) is 5.35. The summed E-state index contributed by atoms with van der Waals surface area (Å²) < 4.78 is 53.9. The summed E-state index contributed by atoms with van der Waals surface area (Å²) in [7, 11) is 1.61. The molecule has 0 fully saturated rings. The molecule has 2 aromatic rings. The van der Waals surface area contributed by atoms with E-state index in [1.165, 1.54) is 6.20 Å². The van der Waals surface area contributed by atoms with Gasteiger partial charge in [0.2, 0.25) is 5.63 Å². The predicted octanol–water partition coefficient (Wildman–Crippen LogP) is 4.93. The summed E-state index contributed by atoms with van der Waals surface area (Å²) in [6.07, 6.45) is 4.07. The van der Waals surface area contributed by atoms with E-state index in [-0.39, 0.29) is 15.9 Å². The zero-order valence-electron chi connectivity index (χ0n) is 12.4. The highest BCUT2D eigenvalue weighted by Crippen LogP contribution is 2.38. The Morgan fingerprint density at radius 2 is 1.71 bits per heavy atom. The van der Waals surface area contributed by atoms with Crippen molar-refractivity contribution in [2.45, 2.75) is 5.63 Å². The minimum Gasteiger partial charge on any atom is -0.223 e. The van der Waals surface area contributed by atoms with Gasteiger partial charge in [-0.15, -0.1) is 4.59 Å². The molecule has 2 atom stereocenters. The molecule has 0 aromatic heterocycles. The fraction of sp³-hybridized carbons (Fsp3) is 0.118.